The number of unbranched alkanes of at least 4 members (excludes halogenated alkanes) is 3. The number of ether oxygens (including phenoxy) is 6. The van der Waals surface area contributed by atoms with Gasteiger partial charge in [-0.05, 0) is 30.7 Å². The summed E-state index contributed by atoms with van der Waals surface area (Å²) in [6.45, 7) is 6.75. The number of carbonyl (C=O) groups is 1. The number of nitrogens with two attached hydrogens (primary N) is 1. The van der Waals surface area contributed by atoms with Gasteiger partial charge in [0, 0.05) is 12.1 Å². The van der Waals surface area contributed by atoms with Crippen LogP contribution in [0.3, 0.4) is 0 Å². The number of rotatable bonds is 21. The second-order valence-corrected chi connectivity index (χ2v) is 6.90. The van der Waals surface area contributed by atoms with Crippen LogP contribution in [0.2, 0.25) is 0 Å². The third kappa shape index (κ3) is 17.5. The normalized spacial score (nSPS) is 10.9. The third-order valence-electron chi connectivity index (χ3n) is 4.22. The largest absolute Gasteiger partial charge is 0.491 e. The van der Waals surface area contributed by atoms with Crippen molar-refractivity contribution >= 4 is 11.7 Å². The van der Waals surface area contributed by atoms with Crippen molar-refractivity contribution in [3.63, 3.8) is 0 Å². The lowest BCUT2D eigenvalue weighted by atomic mass is 10.2. The van der Waals surface area contributed by atoms with E-state index in [0.29, 0.717) is 78.2 Å². The van der Waals surface area contributed by atoms with Crippen molar-refractivity contribution in [3.05, 3.63) is 24.3 Å². The van der Waals surface area contributed by atoms with Gasteiger partial charge in [0.2, 0.25) is 0 Å². The molecule has 0 unspecified atom stereocenters. The second kappa shape index (κ2) is 20.1. The lowest BCUT2D eigenvalue weighted by Crippen LogP contribution is -2.15. The molecule has 8 heteroatoms. The first-order chi connectivity index (χ1) is 15.2. The minimum Gasteiger partial charge on any atom is -0.491 e. The van der Waals surface area contributed by atoms with Gasteiger partial charge in [0.05, 0.1) is 52.9 Å². The molecule has 2 N–H and O–H groups in total. The van der Waals surface area contributed by atoms with Gasteiger partial charge in [-0.25, -0.2) is 0 Å². The number of hydrogen-bond donors (Lipinski definition) is 1. The van der Waals surface area contributed by atoms with E-state index in [2.05, 4.69) is 6.92 Å². The minimum atomic E-state index is -0.147. The Bertz CT molecular complexity index is 539. The highest BCUT2D eigenvalue weighted by molar-refractivity contribution is 5.69. The zero-order valence-electron chi connectivity index (χ0n) is 18.9. The molecule has 0 aromatic heterocycles. The van der Waals surface area contributed by atoms with Gasteiger partial charge in [-0.15, -0.1) is 0 Å². The van der Waals surface area contributed by atoms with E-state index < -0.39 is 0 Å². The summed E-state index contributed by atoms with van der Waals surface area (Å²) in [5.41, 5.74) is 6.33. The fourth-order valence-corrected chi connectivity index (χ4v) is 2.53. The van der Waals surface area contributed by atoms with Crippen molar-refractivity contribution in [2.75, 3.05) is 71.8 Å². The Morgan fingerprint density at radius 3 is 1.77 bits per heavy atom. The van der Waals surface area contributed by atoms with Gasteiger partial charge >= 0.3 is 5.97 Å². The summed E-state index contributed by atoms with van der Waals surface area (Å²) in [6, 6.07) is 7.25. The van der Waals surface area contributed by atoms with E-state index in [1.54, 1.807) is 12.1 Å². The highest BCUT2D eigenvalue weighted by atomic mass is 16.6. The predicted molar refractivity (Wildman–Crippen MR) is 119 cm³/mol. The number of benzene rings is 1. The zero-order valence-corrected chi connectivity index (χ0v) is 18.9. The third-order valence-corrected chi connectivity index (χ3v) is 4.22. The van der Waals surface area contributed by atoms with Crippen LogP contribution in [-0.4, -0.2) is 72.0 Å². The van der Waals surface area contributed by atoms with E-state index in [9.17, 15) is 4.79 Å². The summed E-state index contributed by atoms with van der Waals surface area (Å²) in [6.07, 6.45) is 4.79. The van der Waals surface area contributed by atoms with Gasteiger partial charge in [0.25, 0.3) is 0 Å². The van der Waals surface area contributed by atoms with Crippen LogP contribution in [0.5, 0.6) is 5.75 Å². The summed E-state index contributed by atoms with van der Waals surface area (Å²) in [5.74, 6) is 0.625. The van der Waals surface area contributed by atoms with Gasteiger partial charge in [-0.1, -0.05) is 26.2 Å². The predicted octanol–water partition coefficient (Wildman–Crippen LogP) is 3.23. The first-order valence-electron chi connectivity index (χ1n) is 11.2. The molecule has 0 aliphatic rings. The monoisotopic (exact) mass is 441 g/mol. The molecule has 0 aliphatic carbocycles. The molecular formula is C23H39NO7. The van der Waals surface area contributed by atoms with Crippen molar-refractivity contribution in [1.29, 1.82) is 0 Å². The smallest absolute Gasteiger partial charge is 0.305 e. The average Bonchev–Trinajstić information content (AvgIpc) is 2.77. The Morgan fingerprint density at radius 1 is 0.710 bits per heavy atom. The Labute approximate surface area is 186 Å². The molecule has 0 bridgehead atoms. The molecule has 0 saturated heterocycles. The summed E-state index contributed by atoms with van der Waals surface area (Å²) in [5, 5.41) is 0. The van der Waals surface area contributed by atoms with Gasteiger partial charge in [-0.3, -0.25) is 4.79 Å². The summed E-state index contributed by atoms with van der Waals surface area (Å²) in [7, 11) is 0. The van der Waals surface area contributed by atoms with Crippen LogP contribution in [0, 0.1) is 0 Å². The summed E-state index contributed by atoms with van der Waals surface area (Å²) >= 11 is 0. The van der Waals surface area contributed by atoms with E-state index in [-0.39, 0.29) is 5.97 Å². The molecule has 0 spiro atoms. The molecule has 0 heterocycles. The number of anilines is 1. The van der Waals surface area contributed by atoms with Crippen molar-refractivity contribution in [2.45, 2.75) is 39.0 Å². The van der Waals surface area contributed by atoms with Crippen LogP contribution in [0.1, 0.15) is 39.0 Å². The minimum absolute atomic E-state index is 0.147. The first kappa shape index (κ1) is 27.2. The summed E-state index contributed by atoms with van der Waals surface area (Å²) < 4.78 is 32.3. The number of nitrogen functional groups attached to an aromatic ring is 1. The SMILES string of the molecule is CCCCCCC(=O)OCCOCCOCCOCCOCCOc1ccc(N)cc1. The van der Waals surface area contributed by atoms with Gasteiger partial charge < -0.3 is 34.2 Å². The maximum atomic E-state index is 11.5. The molecular weight excluding hydrogens is 402 g/mol. The molecule has 8 nitrogen and oxygen atoms in total. The number of hydrogen-bond acceptors (Lipinski definition) is 8. The maximum absolute atomic E-state index is 11.5. The van der Waals surface area contributed by atoms with Crippen molar-refractivity contribution < 1.29 is 33.2 Å². The molecule has 1 aromatic rings. The van der Waals surface area contributed by atoms with Crippen LogP contribution in [0.25, 0.3) is 0 Å². The Hall–Kier alpha value is -1.87. The zero-order chi connectivity index (χ0) is 22.4. The van der Waals surface area contributed by atoms with Crippen molar-refractivity contribution in [3.8, 4) is 5.75 Å². The topological polar surface area (TPSA) is 98.5 Å². The van der Waals surface area contributed by atoms with Crippen LogP contribution >= 0.6 is 0 Å². The van der Waals surface area contributed by atoms with Gasteiger partial charge in [-0.2, -0.15) is 0 Å². The van der Waals surface area contributed by atoms with E-state index in [4.69, 9.17) is 34.2 Å². The maximum Gasteiger partial charge on any atom is 0.305 e. The number of carbonyl (C=O) groups excluding carboxylic acids is 1. The molecule has 0 radical (unpaired) electrons. The Morgan fingerprint density at radius 2 is 1.23 bits per heavy atom. The fourth-order valence-electron chi connectivity index (χ4n) is 2.53. The van der Waals surface area contributed by atoms with E-state index in [0.717, 1.165) is 31.4 Å². The standard InChI is InChI=1S/C23H39NO7/c1-2-3-4-5-6-23(25)31-20-18-29-16-14-27-12-11-26-13-15-28-17-19-30-22-9-7-21(24)8-10-22/h7-10H,2-6,11-20,24H2,1H3. The lowest BCUT2D eigenvalue weighted by Gasteiger charge is -2.09. The first-order valence-corrected chi connectivity index (χ1v) is 11.2. The summed E-state index contributed by atoms with van der Waals surface area (Å²) in [4.78, 5) is 11.5. The van der Waals surface area contributed by atoms with Crippen LogP contribution in [-0.2, 0) is 28.5 Å². The molecule has 0 fully saturated rings. The van der Waals surface area contributed by atoms with Crippen LogP contribution < -0.4 is 10.5 Å². The molecule has 178 valence electrons. The van der Waals surface area contributed by atoms with Crippen molar-refractivity contribution in [1.82, 2.24) is 0 Å². The van der Waals surface area contributed by atoms with Gasteiger partial charge in [0.15, 0.2) is 0 Å². The Kier molecular flexibility index (Phi) is 17.6. The Balaban J connectivity index is 1.73. The van der Waals surface area contributed by atoms with E-state index >= 15 is 0 Å². The van der Waals surface area contributed by atoms with E-state index in [1.165, 1.54) is 0 Å². The quantitative estimate of drug-likeness (QED) is 0.176. The highest BCUT2D eigenvalue weighted by Gasteiger charge is 2.02. The molecule has 0 saturated carbocycles. The molecule has 1 rings (SSSR count). The molecule has 0 atom stereocenters. The average molecular weight is 442 g/mol. The fraction of sp³-hybridized carbons (Fsp3) is 0.696. The lowest BCUT2D eigenvalue weighted by molar-refractivity contribution is -0.145. The molecule has 1 aromatic carbocycles. The van der Waals surface area contributed by atoms with Crippen LogP contribution in [0.4, 0.5) is 5.69 Å². The molecule has 0 aliphatic heterocycles. The highest BCUT2D eigenvalue weighted by Crippen LogP contribution is 2.12. The van der Waals surface area contributed by atoms with Gasteiger partial charge in [0.1, 0.15) is 19.0 Å². The van der Waals surface area contributed by atoms with E-state index in [1.807, 2.05) is 12.1 Å². The molecule has 0 amide bonds. The second-order valence-electron chi connectivity index (χ2n) is 6.90. The molecule has 31 heavy (non-hydrogen) atoms. The van der Waals surface area contributed by atoms with Crippen LogP contribution in [0.15, 0.2) is 24.3 Å². The van der Waals surface area contributed by atoms with Crippen molar-refractivity contribution in [2.24, 2.45) is 0 Å². The number of esters is 1.